The molecule has 14 heteroatoms. The molecule has 1 amide bonds. The first-order valence-corrected chi connectivity index (χ1v) is 14.7. The number of hydrogen-bond acceptors (Lipinski definition) is 6. The maximum Gasteiger partial charge on any atom is 0.416 e. The lowest BCUT2D eigenvalue weighted by Gasteiger charge is -2.32. The molecule has 206 valence electrons. The van der Waals surface area contributed by atoms with E-state index in [1.807, 2.05) is 0 Å². The van der Waals surface area contributed by atoms with Crippen LogP contribution in [0.4, 0.5) is 13.2 Å². The molecule has 5 N–H and O–H groups in total. The van der Waals surface area contributed by atoms with E-state index in [4.69, 9.17) is 0 Å². The van der Waals surface area contributed by atoms with E-state index in [2.05, 4.69) is 19.4 Å². The number of benzene rings is 3. The van der Waals surface area contributed by atoms with E-state index in [0.717, 1.165) is 18.2 Å². The Labute approximate surface area is 223 Å². The molecule has 0 saturated carbocycles. The van der Waals surface area contributed by atoms with E-state index in [-0.39, 0.29) is 18.7 Å². The molecule has 1 fully saturated rings. The molecule has 0 aliphatic carbocycles. The first kappa shape index (κ1) is 27.1. The van der Waals surface area contributed by atoms with Crippen LogP contribution in [0, 0.1) is 0 Å². The standard InChI is InChI=1S/C25H23F3N4O5S2/c26-25(27,28)17-4-3-5-18(13-17)38(34,35)31-21(24-29-19-6-1-2-7-20(19)30-24)12-15-8-10-16(11-9-15)22-14-23(33)32-39(22,36)37/h1-11,13,21-22,31,36-37H,12,14H2,(H,29,30)(H,32,33). The molecule has 4 aromatic rings. The Morgan fingerprint density at radius 3 is 2.41 bits per heavy atom. The number of hydrogen-bond donors (Lipinski definition) is 5. The molecule has 39 heavy (non-hydrogen) atoms. The number of carbonyl (C=O) groups is 1. The highest BCUT2D eigenvalue weighted by atomic mass is 32.3. The van der Waals surface area contributed by atoms with Gasteiger partial charge in [-0.2, -0.15) is 13.2 Å². The van der Waals surface area contributed by atoms with Gasteiger partial charge in [0.05, 0.1) is 34.0 Å². The summed E-state index contributed by atoms with van der Waals surface area (Å²) in [6.07, 6.45) is -4.73. The van der Waals surface area contributed by atoms with Crippen molar-refractivity contribution in [3.05, 3.63) is 95.3 Å². The fourth-order valence-corrected chi connectivity index (χ4v) is 7.13. The van der Waals surface area contributed by atoms with Crippen molar-refractivity contribution < 1.29 is 35.5 Å². The molecule has 2 unspecified atom stereocenters. The van der Waals surface area contributed by atoms with E-state index in [1.54, 1.807) is 48.5 Å². The maximum atomic E-state index is 13.2. The van der Waals surface area contributed by atoms with Gasteiger partial charge in [-0.15, -0.1) is 10.8 Å². The number of aromatic nitrogens is 2. The summed E-state index contributed by atoms with van der Waals surface area (Å²) in [6, 6.07) is 16.1. The number of amides is 1. The van der Waals surface area contributed by atoms with Gasteiger partial charge in [0.15, 0.2) is 0 Å². The molecule has 3 aromatic carbocycles. The highest BCUT2D eigenvalue weighted by Gasteiger charge is 2.38. The van der Waals surface area contributed by atoms with Crippen molar-refractivity contribution in [3.8, 4) is 0 Å². The number of para-hydroxylation sites is 2. The number of nitrogens with one attached hydrogen (secondary N) is 3. The van der Waals surface area contributed by atoms with Gasteiger partial charge in [0.1, 0.15) is 11.1 Å². The first-order valence-electron chi connectivity index (χ1n) is 11.6. The highest BCUT2D eigenvalue weighted by molar-refractivity contribution is 8.23. The average molecular weight is 581 g/mol. The van der Waals surface area contributed by atoms with Crippen LogP contribution >= 0.6 is 10.8 Å². The van der Waals surface area contributed by atoms with Gasteiger partial charge in [-0.1, -0.05) is 42.5 Å². The van der Waals surface area contributed by atoms with E-state index < -0.39 is 54.6 Å². The Bertz CT molecular complexity index is 1610. The number of nitrogens with zero attached hydrogens (tertiary/aromatic N) is 1. The third-order valence-corrected chi connectivity index (χ3v) is 9.56. The normalized spacial score (nSPS) is 19.1. The van der Waals surface area contributed by atoms with Gasteiger partial charge in [0.2, 0.25) is 15.9 Å². The summed E-state index contributed by atoms with van der Waals surface area (Å²) in [5.74, 6) is -0.214. The predicted molar refractivity (Wildman–Crippen MR) is 139 cm³/mol. The summed E-state index contributed by atoms with van der Waals surface area (Å²) in [5, 5.41) is -0.815. The summed E-state index contributed by atoms with van der Waals surface area (Å²) < 4.78 is 91.1. The van der Waals surface area contributed by atoms with E-state index in [0.29, 0.717) is 28.2 Å². The zero-order valence-electron chi connectivity index (χ0n) is 20.0. The Kier molecular flexibility index (Phi) is 6.93. The van der Waals surface area contributed by atoms with Crippen molar-refractivity contribution in [2.75, 3.05) is 0 Å². The predicted octanol–water partition coefficient (Wildman–Crippen LogP) is 5.07. The number of imidazole rings is 1. The Balaban J connectivity index is 1.46. The fraction of sp³-hybridized carbons (Fsp3) is 0.200. The Morgan fingerprint density at radius 1 is 1.05 bits per heavy atom. The lowest BCUT2D eigenvalue weighted by atomic mass is 10.0. The maximum absolute atomic E-state index is 13.2. The van der Waals surface area contributed by atoms with Crippen LogP contribution in [-0.2, 0) is 27.4 Å². The molecular formula is C25H23F3N4O5S2. The van der Waals surface area contributed by atoms with Crippen LogP contribution in [0.2, 0.25) is 0 Å². The quantitative estimate of drug-likeness (QED) is 0.206. The smallest absolute Gasteiger partial charge is 0.341 e. The minimum absolute atomic E-state index is 0.0659. The third kappa shape index (κ3) is 5.79. The fourth-order valence-electron chi connectivity index (χ4n) is 4.40. The number of H-pyrrole nitrogens is 1. The van der Waals surface area contributed by atoms with Crippen molar-refractivity contribution in [1.82, 2.24) is 19.4 Å². The molecule has 9 nitrogen and oxygen atoms in total. The molecule has 2 atom stereocenters. The zero-order chi connectivity index (χ0) is 28.0. The van der Waals surface area contributed by atoms with Gasteiger partial charge in [-0.25, -0.2) is 18.1 Å². The lowest BCUT2D eigenvalue weighted by Crippen LogP contribution is -2.31. The summed E-state index contributed by atoms with van der Waals surface area (Å²) in [6.45, 7) is 0. The summed E-state index contributed by atoms with van der Waals surface area (Å²) in [7, 11) is -7.75. The van der Waals surface area contributed by atoms with Crippen molar-refractivity contribution >= 4 is 37.7 Å². The monoisotopic (exact) mass is 580 g/mol. The summed E-state index contributed by atoms with van der Waals surface area (Å²) in [4.78, 5) is 18.7. The molecular weight excluding hydrogens is 557 g/mol. The Morgan fingerprint density at radius 2 is 1.77 bits per heavy atom. The van der Waals surface area contributed by atoms with Gasteiger partial charge in [0.25, 0.3) is 0 Å². The number of halogens is 3. The second-order valence-corrected chi connectivity index (χ2v) is 12.8. The highest BCUT2D eigenvalue weighted by Crippen LogP contribution is 2.56. The van der Waals surface area contributed by atoms with Crippen LogP contribution < -0.4 is 9.44 Å². The van der Waals surface area contributed by atoms with Gasteiger partial charge < -0.3 is 4.98 Å². The number of aromatic amines is 1. The molecule has 1 aliphatic heterocycles. The van der Waals surface area contributed by atoms with Crippen molar-refractivity contribution in [3.63, 3.8) is 0 Å². The molecule has 1 aliphatic rings. The molecule has 0 radical (unpaired) electrons. The van der Waals surface area contributed by atoms with Gasteiger partial charge in [-0.3, -0.25) is 18.6 Å². The third-order valence-electron chi connectivity index (χ3n) is 6.33. The molecule has 1 saturated heterocycles. The van der Waals surface area contributed by atoms with Gasteiger partial charge >= 0.3 is 6.18 Å². The Hall–Kier alpha value is -3.43. The summed E-state index contributed by atoms with van der Waals surface area (Å²) >= 11 is 0. The number of sulfonamides is 1. The molecule has 0 bridgehead atoms. The topological polar surface area (TPSA) is 144 Å². The van der Waals surface area contributed by atoms with Crippen molar-refractivity contribution in [1.29, 1.82) is 0 Å². The van der Waals surface area contributed by atoms with E-state index in [1.165, 1.54) is 0 Å². The van der Waals surface area contributed by atoms with Gasteiger partial charge in [-0.05, 0) is 47.9 Å². The zero-order valence-corrected chi connectivity index (χ0v) is 21.6. The number of rotatable bonds is 7. The van der Waals surface area contributed by atoms with Crippen molar-refractivity contribution in [2.24, 2.45) is 0 Å². The minimum Gasteiger partial charge on any atom is -0.341 e. The number of fused-ring (bicyclic) bond motifs is 1. The second-order valence-electron chi connectivity index (χ2n) is 9.10. The molecule has 1 aromatic heterocycles. The second kappa shape index (κ2) is 9.95. The average Bonchev–Trinajstić information content (AvgIpc) is 3.43. The summed E-state index contributed by atoms with van der Waals surface area (Å²) in [5.41, 5.74) is 1.28. The van der Waals surface area contributed by atoms with E-state index in [9.17, 15) is 35.5 Å². The first-order chi connectivity index (χ1) is 18.3. The van der Waals surface area contributed by atoms with Crippen LogP contribution in [0.15, 0.2) is 77.7 Å². The number of alkyl halides is 3. The molecule has 5 rings (SSSR count). The van der Waals surface area contributed by atoms with E-state index >= 15 is 0 Å². The minimum atomic E-state index is -4.71. The lowest BCUT2D eigenvalue weighted by molar-refractivity contribution is -0.137. The van der Waals surface area contributed by atoms with Gasteiger partial charge in [0, 0.05) is 0 Å². The van der Waals surface area contributed by atoms with Crippen LogP contribution in [0.25, 0.3) is 11.0 Å². The van der Waals surface area contributed by atoms with Crippen LogP contribution in [0.1, 0.15) is 40.2 Å². The molecule has 0 spiro atoms. The number of carbonyl (C=O) groups excluding carboxylic acids is 1. The largest absolute Gasteiger partial charge is 0.416 e. The van der Waals surface area contributed by atoms with Crippen LogP contribution in [-0.4, -0.2) is 33.4 Å². The van der Waals surface area contributed by atoms with Crippen LogP contribution in [0.5, 0.6) is 0 Å². The van der Waals surface area contributed by atoms with Crippen molar-refractivity contribution in [2.45, 2.75) is 35.2 Å². The molecule has 2 heterocycles. The SMILES string of the molecule is O=C1CC(c2ccc(CC(NS(=O)(=O)c3cccc(C(F)(F)F)c3)c3nc4ccccc4[nH]3)cc2)S(O)(O)N1. The van der Waals surface area contributed by atoms with Crippen LogP contribution in [0.3, 0.4) is 0 Å².